The number of benzene rings is 3. The van der Waals surface area contributed by atoms with Crippen LogP contribution in [0.5, 0.6) is 0 Å². The summed E-state index contributed by atoms with van der Waals surface area (Å²) in [6.45, 7) is 1.78. The first-order chi connectivity index (χ1) is 16.3. The lowest BCUT2D eigenvalue weighted by Gasteiger charge is -2.08. The lowest BCUT2D eigenvalue weighted by Crippen LogP contribution is -2.22. The average Bonchev–Trinajstić information content (AvgIpc) is 3.37. The van der Waals surface area contributed by atoms with Crippen LogP contribution in [0.25, 0.3) is 10.4 Å². The van der Waals surface area contributed by atoms with E-state index >= 15 is 0 Å². The Labute approximate surface area is 197 Å². The van der Waals surface area contributed by atoms with Crippen LogP contribution in [0.15, 0.2) is 88.8 Å². The van der Waals surface area contributed by atoms with Gasteiger partial charge in [0.25, 0.3) is 5.91 Å². The number of amides is 1. The number of aryl methyl sites for hydroxylation is 1. The number of alkyl halides is 3. The van der Waals surface area contributed by atoms with Crippen molar-refractivity contribution in [2.24, 2.45) is 9.98 Å². The van der Waals surface area contributed by atoms with Crippen molar-refractivity contribution in [2.75, 3.05) is 0 Å². The molecule has 1 amide bonds. The first-order valence-electron chi connectivity index (χ1n) is 10.3. The van der Waals surface area contributed by atoms with E-state index in [1.54, 1.807) is 13.0 Å². The lowest BCUT2D eigenvalue weighted by molar-refractivity contribution is -0.0579. The van der Waals surface area contributed by atoms with E-state index in [1.807, 2.05) is 60.7 Å². The van der Waals surface area contributed by atoms with Crippen molar-refractivity contribution in [1.82, 2.24) is 4.98 Å². The fourth-order valence-electron chi connectivity index (χ4n) is 3.79. The van der Waals surface area contributed by atoms with Gasteiger partial charge in [-0.05, 0) is 24.6 Å². The second kappa shape index (κ2) is 8.46. The molecule has 0 saturated heterocycles. The molecule has 4 aromatic rings. The highest BCUT2D eigenvalue weighted by molar-refractivity contribution is 7.18. The van der Waals surface area contributed by atoms with E-state index in [1.165, 1.54) is 23.5 Å². The zero-order valence-corrected chi connectivity index (χ0v) is 18.6. The Bertz CT molecular complexity index is 1410. The number of fused-ring (bicyclic) bond motifs is 1. The van der Waals surface area contributed by atoms with Crippen molar-refractivity contribution in [3.8, 4) is 10.4 Å². The first-order valence-corrected chi connectivity index (χ1v) is 11.1. The fourth-order valence-corrected chi connectivity index (χ4v) is 4.73. The van der Waals surface area contributed by atoms with E-state index in [0.717, 1.165) is 16.8 Å². The third-order valence-corrected chi connectivity index (χ3v) is 6.44. The van der Waals surface area contributed by atoms with Crippen molar-refractivity contribution in [3.63, 3.8) is 0 Å². The molecule has 0 unspecified atom stereocenters. The number of carbonyl (C=O) groups excluding carboxylic acids is 1. The van der Waals surface area contributed by atoms with E-state index in [0.29, 0.717) is 21.3 Å². The summed E-state index contributed by atoms with van der Waals surface area (Å²) in [5.74, 6) is -0.879. The first kappa shape index (κ1) is 21.9. The lowest BCUT2D eigenvalue weighted by atomic mass is 10.0. The van der Waals surface area contributed by atoms with Gasteiger partial charge in [-0.2, -0.15) is 13.2 Å². The third kappa shape index (κ3) is 4.08. The molecule has 0 saturated carbocycles. The Morgan fingerprint density at radius 1 is 0.882 bits per heavy atom. The molecule has 1 aliphatic heterocycles. The second-order valence-corrected chi connectivity index (χ2v) is 8.60. The minimum absolute atomic E-state index is 0.0491. The van der Waals surface area contributed by atoms with Crippen LogP contribution < -0.4 is 0 Å². The van der Waals surface area contributed by atoms with Crippen LogP contribution in [0.4, 0.5) is 18.3 Å². The molecule has 4 nitrogen and oxygen atoms in total. The van der Waals surface area contributed by atoms with Crippen LogP contribution in [-0.2, 0) is 0 Å². The topological polar surface area (TPSA) is 54.7 Å². The van der Waals surface area contributed by atoms with Gasteiger partial charge in [0.15, 0.2) is 5.71 Å². The Balaban J connectivity index is 1.58. The minimum atomic E-state index is -4.71. The summed E-state index contributed by atoms with van der Waals surface area (Å²) in [7, 11) is 0. The predicted octanol–water partition coefficient (Wildman–Crippen LogP) is 6.79. The molecule has 3 aromatic carbocycles. The maximum atomic E-state index is 13.4. The van der Waals surface area contributed by atoms with E-state index in [4.69, 9.17) is 4.99 Å². The quantitative estimate of drug-likeness (QED) is 0.305. The second-order valence-electron chi connectivity index (χ2n) is 7.63. The number of aliphatic imine (C=N–C) groups is 2. The van der Waals surface area contributed by atoms with Crippen LogP contribution in [0.3, 0.4) is 0 Å². The molecule has 0 fully saturated rings. The molecule has 0 N–H and O–H groups in total. The zero-order chi connectivity index (χ0) is 23.9. The molecule has 2 heterocycles. The standard InChI is InChI=1S/C26H16F3N3OS/c1-15-22(18-12-13-19-20(14-18)23(26(27,28)29)32-24(19)33)34-25(30-15)31-21(16-8-4-2-5-9-16)17-10-6-3-7-11-17/h2-14H,1H3. The normalized spacial score (nSPS) is 12.9. The highest BCUT2D eigenvalue weighted by Gasteiger charge is 2.42. The number of aromatic nitrogens is 1. The van der Waals surface area contributed by atoms with Gasteiger partial charge in [0.2, 0.25) is 5.13 Å². The molecule has 0 aliphatic carbocycles. The van der Waals surface area contributed by atoms with Gasteiger partial charge >= 0.3 is 6.18 Å². The molecule has 8 heteroatoms. The molecule has 168 valence electrons. The molecule has 1 aliphatic rings. The largest absolute Gasteiger partial charge is 0.434 e. The number of carbonyl (C=O) groups is 1. The van der Waals surface area contributed by atoms with Crippen molar-refractivity contribution in [1.29, 1.82) is 0 Å². The van der Waals surface area contributed by atoms with Crippen LogP contribution >= 0.6 is 11.3 Å². The molecule has 34 heavy (non-hydrogen) atoms. The van der Waals surface area contributed by atoms with Crippen LogP contribution in [-0.4, -0.2) is 28.5 Å². The summed E-state index contributed by atoms with van der Waals surface area (Å²) in [5, 5.41) is 0.483. The molecular formula is C26H16F3N3OS. The van der Waals surface area contributed by atoms with E-state index in [2.05, 4.69) is 9.98 Å². The number of rotatable bonds is 4. The van der Waals surface area contributed by atoms with Gasteiger partial charge in [-0.3, -0.25) is 4.79 Å². The zero-order valence-electron chi connectivity index (χ0n) is 17.8. The van der Waals surface area contributed by atoms with E-state index in [-0.39, 0.29) is 11.1 Å². The highest BCUT2D eigenvalue weighted by atomic mass is 32.1. The molecule has 0 bridgehead atoms. The van der Waals surface area contributed by atoms with Gasteiger partial charge < -0.3 is 0 Å². The summed E-state index contributed by atoms with van der Waals surface area (Å²) in [4.78, 5) is 25.2. The maximum Gasteiger partial charge on any atom is 0.434 e. The molecule has 0 radical (unpaired) electrons. The number of halogens is 3. The van der Waals surface area contributed by atoms with Crippen molar-refractivity contribution < 1.29 is 18.0 Å². The van der Waals surface area contributed by atoms with Gasteiger partial charge in [0.1, 0.15) is 0 Å². The Kier molecular flexibility index (Phi) is 5.45. The summed E-state index contributed by atoms with van der Waals surface area (Å²) in [6.07, 6.45) is -4.71. The SMILES string of the molecule is Cc1nc(N=C(c2ccccc2)c2ccccc2)sc1-c1ccc2c(c1)C(C(F)(F)F)=NC2=O. The van der Waals surface area contributed by atoms with Gasteiger partial charge in [-0.15, -0.1) is 0 Å². The maximum absolute atomic E-state index is 13.4. The number of hydrogen-bond donors (Lipinski definition) is 0. The molecule has 1 aromatic heterocycles. The summed E-state index contributed by atoms with van der Waals surface area (Å²) >= 11 is 1.28. The highest BCUT2D eigenvalue weighted by Crippen LogP contribution is 2.38. The minimum Gasteiger partial charge on any atom is -0.267 e. The molecule has 5 rings (SSSR count). The van der Waals surface area contributed by atoms with Gasteiger partial charge in [0, 0.05) is 16.7 Å². The summed E-state index contributed by atoms with van der Waals surface area (Å²) in [6, 6.07) is 23.8. The number of nitrogens with zero attached hydrogens (tertiary/aromatic N) is 3. The summed E-state index contributed by atoms with van der Waals surface area (Å²) < 4.78 is 40.2. The third-order valence-electron chi connectivity index (χ3n) is 5.34. The van der Waals surface area contributed by atoms with Crippen LogP contribution in [0.1, 0.15) is 32.7 Å². The summed E-state index contributed by atoms with van der Waals surface area (Å²) in [5.41, 5.74) is 2.34. The number of thiazole rings is 1. The Morgan fingerprint density at radius 3 is 2.09 bits per heavy atom. The van der Waals surface area contributed by atoms with E-state index in [9.17, 15) is 18.0 Å². The average molecular weight is 475 g/mol. The predicted molar refractivity (Wildman–Crippen MR) is 127 cm³/mol. The Morgan fingerprint density at radius 2 is 1.50 bits per heavy atom. The smallest absolute Gasteiger partial charge is 0.267 e. The van der Waals surface area contributed by atoms with Crippen molar-refractivity contribution in [3.05, 3.63) is 107 Å². The van der Waals surface area contributed by atoms with Crippen molar-refractivity contribution in [2.45, 2.75) is 13.1 Å². The van der Waals surface area contributed by atoms with Crippen LogP contribution in [0, 0.1) is 6.92 Å². The van der Waals surface area contributed by atoms with Crippen LogP contribution in [0.2, 0.25) is 0 Å². The monoisotopic (exact) mass is 475 g/mol. The molecule has 0 spiro atoms. The molecular weight excluding hydrogens is 459 g/mol. The van der Waals surface area contributed by atoms with Crippen molar-refractivity contribution >= 4 is 33.8 Å². The fraction of sp³-hybridized carbons (Fsp3) is 0.0769. The van der Waals surface area contributed by atoms with Gasteiger partial charge in [-0.1, -0.05) is 78.1 Å². The van der Waals surface area contributed by atoms with Gasteiger partial charge in [0.05, 0.1) is 21.8 Å². The van der Waals surface area contributed by atoms with Gasteiger partial charge in [-0.25, -0.2) is 15.0 Å². The Hall–Kier alpha value is -3.91. The van der Waals surface area contributed by atoms with E-state index < -0.39 is 17.8 Å². The molecule has 0 atom stereocenters. The number of hydrogen-bond acceptors (Lipinski definition) is 4.